The van der Waals surface area contributed by atoms with Crippen molar-refractivity contribution in [3.63, 3.8) is 0 Å². The fourth-order valence-corrected chi connectivity index (χ4v) is 5.55. The number of rotatable bonds is 4. The zero-order chi connectivity index (χ0) is 20.9. The van der Waals surface area contributed by atoms with E-state index in [1.807, 2.05) is 54.6 Å². The van der Waals surface area contributed by atoms with E-state index in [1.165, 1.54) is 0 Å². The zero-order valence-electron chi connectivity index (χ0n) is 16.9. The van der Waals surface area contributed by atoms with Crippen LogP contribution < -0.4 is 14.2 Å². The van der Waals surface area contributed by atoms with E-state index >= 15 is 0 Å². The third kappa shape index (κ3) is 2.55. The molecule has 0 spiro atoms. The Morgan fingerprint density at radius 1 is 1.00 bits per heavy atom. The summed E-state index contributed by atoms with van der Waals surface area (Å²) >= 11 is 3.53. The molecule has 0 amide bonds. The summed E-state index contributed by atoms with van der Waals surface area (Å²) in [6.07, 6.45) is 1.36. The molecule has 5 rings (SSSR count). The van der Waals surface area contributed by atoms with Gasteiger partial charge in [0.2, 0.25) is 0 Å². The average Bonchev–Trinajstić information content (AvgIpc) is 3.21. The summed E-state index contributed by atoms with van der Waals surface area (Å²) in [5.74, 6) is 1.81. The smallest absolute Gasteiger partial charge is 0.174 e. The Labute approximate surface area is 184 Å². The highest BCUT2D eigenvalue weighted by atomic mass is 79.9. The van der Waals surface area contributed by atoms with Crippen LogP contribution in [0.3, 0.4) is 0 Å². The van der Waals surface area contributed by atoms with Crippen LogP contribution in [0.4, 0.5) is 0 Å². The number of aliphatic hydroxyl groups is 1. The summed E-state index contributed by atoms with van der Waals surface area (Å²) in [5, 5.41) is 12.3. The van der Waals surface area contributed by atoms with Crippen molar-refractivity contribution in [1.29, 1.82) is 0 Å². The molecule has 1 fully saturated rings. The van der Waals surface area contributed by atoms with Gasteiger partial charge in [-0.3, -0.25) is 0 Å². The first-order valence-electron chi connectivity index (χ1n) is 10.0. The number of ether oxygens (including phenoxy) is 3. The molecule has 30 heavy (non-hydrogen) atoms. The van der Waals surface area contributed by atoms with Crippen molar-refractivity contribution < 1.29 is 19.3 Å². The number of hydrogen-bond acceptors (Lipinski definition) is 4. The molecule has 154 valence electrons. The van der Waals surface area contributed by atoms with Crippen LogP contribution >= 0.6 is 15.9 Å². The molecule has 3 aromatic rings. The SMILES string of the molecule is COc1cc(OC)c2c(c1)OC1(c3ccc(Br)cc3)[C@H](c3ccccc3)CC[C@@]21O. The lowest BCUT2D eigenvalue weighted by Gasteiger charge is -2.40. The van der Waals surface area contributed by atoms with Gasteiger partial charge in [-0.1, -0.05) is 58.4 Å². The van der Waals surface area contributed by atoms with Crippen molar-refractivity contribution in [2.75, 3.05) is 14.2 Å². The van der Waals surface area contributed by atoms with Crippen molar-refractivity contribution in [2.45, 2.75) is 30.0 Å². The van der Waals surface area contributed by atoms with Crippen LogP contribution in [0.5, 0.6) is 17.2 Å². The molecule has 1 N–H and O–H groups in total. The molecule has 2 aliphatic rings. The van der Waals surface area contributed by atoms with E-state index in [2.05, 4.69) is 28.1 Å². The van der Waals surface area contributed by atoms with Gasteiger partial charge >= 0.3 is 0 Å². The Morgan fingerprint density at radius 3 is 2.40 bits per heavy atom. The highest BCUT2D eigenvalue weighted by Crippen LogP contribution is 2.68. The third-order valence-corrected chi connectivity index (χ3v) is 7.08. The molecule has 5 heteroatoms. The van der Waals surface area contributed by atoms with E-state index in [1.54, 1.807) is 14.2 Å². The Hall–Kier alpha value is -2.50. The van der Waals surface area contributed by atoms with Crippen LogP contribution in [0.1, 0.15) is 35.4 Å². The molecule has 1 aliphatic carbocycles. The van der Waals surface area contributed by atoms with Crippen LogP contribution in [-0.2, 0) is 11.2 Å². The highest BCUT2D eigenvalue weighted by molar-refractivity contribution is 9.10. The van der Waals surface area contributed by atoms with Crippen LogP contribution in [-0.4, -0.2) is 19.3 Å². The molecule has 0 radical (unpaired) electrons. The molecule has 1 unspecified atom stereocenters. The first kappa shape index (κ1) is 19.5. The zero-order valence-corrected chi connectivity index (χ0v) is 18.5. The van der Waals surface area contributed by atoms with E-state index < -0.39 is 11.2 Å². The molecule has 1 saturated carbocycles. The average molecular weight is 467 g/mol. The van der Waals surface area contributed by atoms with Crippen molar-refractivity contribution in [3.8, 4) is 17.2 Å². The van der Waals surface area contributed by atoms with E-state index in [0.717, 1.165) is 22.0 Å². The summed E-state index contributed by atoms with van der Waals surface area (Å²) in [7, 11) is 3.23. The Kier molecular flexibility index (Phi) is 4.56. The van der Waals surface area contributed by atoms with Gasteiger partial charge in [0, 0.05) is 22.5 Å². The number of halogens is 1. The van der Waals surface area contributed by atoms with Crippen LogP contribution in [0.25, 0.3) is 0 Å². The van der Waals surface area contributed by atoms with Gasteiger partial charge in [-0.15, -0.1) is 0 Å². The number of benzene rings is 3. The van der Waals surface area contributed by atoms with Gasteiger partial charge in [0.25, 0.3) is 0 Å². The molecule has 3 atom stereocenters. The van der Waals surface area contributed by atoms with Gasteiger partial charge in [-0.25, -0.2) is 0 Å². The van der Waals surface area contributed by atoms with Gasteiger partial charge < -0.3 is 19.3 Å². The number of hydrogen-bond donors (Lipinski definition) is 1. The Bertz CT molecular complexity index is 1080. The monoisotopic (exact) mass is 466 g/mol. The van der Waals surface area contributed by atoms with Gasteiger partial charge in [0.15, 0.2) is 5.60 Å². The predicted molar refractivity (Wildman–Crippen MR) is 118 cm³/mol. The van der Waals surface area contributed by atoms with E-state index in [4.69, 9.17) is 14.2 Å². The Morgan fingerprint density at radius 2 is 1.73 bits per heavy atom. The quantitative estimate of drug-likeness (QED) is 0.549. The van der Waals surface area contributed by atoms with Crippen LogP contribution in [0, 0.1) is 0 Å². The van der Waals surface area contributed by atoms with E-state index in [9.17, 15) is 5.11 Å². The fraction of sp³-hybridized carbons (Fsp3) is 0.280. The molecular weight excluding hydrogens is 444 g/mol. The molecule has 1 heterocycles. The van der Waals surface area contributed by atoms with E-state index in [-0.39, 0.29) is 5.92 Å². The maximum absolute atomic E-state index is 12.3. The lowest BCUT2D eigenvalue weighted by atomic mass is 9.71. The molecule has 0 bridgehead atoms. The minimum Gasteiger partial charge on any atom is -0.496 e. The summed E-state index contributed by atoms with van der Waals surface area (Å²) in [6.45, 7) is 0. The van der Waals surface area contributed by atoms with Gasteiger partial charge in [-0.05, 0) is 36.1 Å². The van der Waals surface area contributed by atoms with Crippen molar-refractivity contribution in [1.82, 2.24) is 0 Å². The standard InChI is InChI=1S/C25H23BrO4/c1-28-19-14-21(29-2)23-22(15-19)30-25(17-8-10-18(26)11-9-17)20(12-13-24(23,25)27)16-6-4-3-5-7-16/h3-11,14-15,20,27H,12-13H2,1-2H3/t20-,24+,25?/m0/s1. The fourth-order valence-electron chi connectivity index (χ4n) is 5.29. The maximum Gasteiger partial charge on any atom is 0.174 e. The minimum atomic E-state index is -1.23. The third-order valence-electron chi connectivity index (χ3n) is 6.55. The molecule has 0 aromatic heterocycles. The van der Waals surface area contributed by atoms with Gasteiger partial charge in [-0.2, -0.15) is 0 Å². The minimum absolute atomic E-state index is 0.0204. The molecule has 4 nitrogen and oxygen atoms in total. The van der Waals surface area contributed by atoms with Crippen LogP contribution in [0.2, 0.25) is 0 Å². The molecule has 3 aromatic carbocycles. The molecular formula is C25H23BrO4. The second-order valence-electron chi connectivity index (χ2n) is 7.91. The van der Waals surface area contributed by atoms with Crippen LogP contribution in [0.15, 0.2) is 71.2 Å². The summed E-state index contributed by atoms with van der Waals surface area (Å²) < 4.78 is 18.9. The second kappa shape index (κ2) is 7.03. The predicted octanol–water partition coefficient (Wildman–Crippen LogP) is 5.52. The highest BCUT2D eigenvalue weighted by Gasteiger charge is 2.69. The number of fused-ring (bicyclic) bond motifs is 3. The molecule has 1 aliphatic heterocycles. The first-order chi connectivity index (χ1) is 14.5. The summed E-state index contributed by atoms with van der Waals surface area (Å²) in [6, 6.07) is 22.0. The van der Waals surface area contributed by atoms with Crippen molar-refractivity contribution in [3.05, 3.63) is 87.9 Å². The normalized spacial score (nSPS) is 26.6. The van der Waals surface area contributed by atoms with Gasteiger partial charge in [0.05, 0.1) is 19.8 Å². The summed E-state index contributed by atoms with van der Waals surface area (Å²) in [4.78, 5) is 0. The van der Waals surface area contributed by atoms with Crippen molar-refractivity contribution >= 4 is 15.9 Å². The lowest BCUT2D eigenvalue weighted by Crippen LogP contribution is -2.48. The maximum atomic E-state index is 12.3. The van der Waals surface area contributed by atoms with Crippen molar-refractivity contribution in [2.24, 2.45) is 0 Å². The summed E-state index contributed by atoms with van der Waals surface area (Å²) in [5.41, 5.74) is 0.602. The topological polar surface area (TPSA) is 47.9 Å². The van der Waals surface area contributed by atoms with E-state index in [0.29, 0.717) is 29.2 Å². The number of methoxy groups -OCH3 is 2. The molecule has 0 saturated heterocycles. The first-order valence-corrected chi connectivity index (χ1v) is 10.8. The second-order valence-corrected chi connectivity index (χ2v) is 8.83. The largest absolute Gasteiger partial charge is 0.496 e. The Balaban J connectivity index is 1.78. The van der Waals surface area contributed by atoms with Gasteiger partial charge in [0.1, 0.15) is 22.8 Å². The lowest BCUT2D eigenvalue weighted by molar-refractivity contribution is -0.106.